The van der Waals surface area contributed by atoms with Crippen molar-refractivity contribution in [1.29, 1.82) is 0 Å². The van der Waals surface area contributed by atoms with Gasteiger partial charge in [0.25, 0.3) is 0 Å². The summed E-state index contributed by atoms with van der Waals surface area (Å²) in [6.45, 7) is -2.51. The molecule has 0 fully saturated rings. The van der Waals surface area contributed by atoms with Crippen molar-refractivity contribution in [3.05, 3.63) is 4.91 Å². The maximum Gasteiger partial charge on any atom is 0.352 e. The first-order valence-corrected chi connectivity index (χ1v) is 5.87. The molecule has 124 valence electrons. The van der Waals surface area contributed by atoms with Gasteiger partial charge < -0.3 is 15.3 Å². The van der Waals surface area contributed by atoms with E-state index in [1.165, 1.54) is 0 Å². The number of carboxylic acids is 3. The lowest BCUT2D eigenvalue weighted by Gasteiger charge is -2.23. The molecule has 0 aromatic carbocycles. The highest BCUT2D eigenvalue weighted by molar-refractivity contribution is 5.74. The Morgan fingerprint density at radius 1 is 0.773 bits per heavy atom. The van der Waals surface area contributed by atoms with Crippen LogP contribution in [-0.4, -0.2) is 88.3 Å². The van der Waals surface area contributed by atoms with Crippen LogP contribution in [0.4, 0.5) is 0 Å². The summed E-state index contributed by atoms with van der Waals surface area (Å²) < 4.78 is 0. The van der Waals surface area contributed by atoms with E-state index in [4.69, 9.17) is 15.3 Å². The third-order valence-electron chi connectivity index (χ3n) is 2.30. The molecule has 0 saturated heterocycles. The maximum absolute atomic E-state index is 11.1. The number of aliphatic carboxylic acids is 3. The Hall–Kier alpha value is -2.60. The highest BCUT2D eigenvalue weighted by Gasteiger charge is 2.19. The number of carbonyl (C=O) groups excluding carboxylic acids is 1. The van der Waals surface area contributed by atoms with Gasteiger partial charge in [-0.05, 0) is 0 Å². The molecule has 0 aliphatic carbocycles. The molecule has 12 nitrogen and oxygen atoms in total. The van der Waals surface area contributed by atoms with Gasteiger partial charge in [-0.25, -0.2) is 4.79 Å². The fourth-order valence-corrected chi connectivity index (χ4v) is 1.54. The average Bonchev–Trinajstić information content (AvgIpc) is 2.33. The molecule has 0 bridgehead atoms. The van der Waals surface area contributed by atoms with Crippen LogP contribution >= 0.6 is 0 Å². The first-order valence-electron chi connectivity index (χ1n) is 5.87. The Balaban J connectivity index is 4.62. The molecular formula is C10H15N3O9. The van der Waals surface area contributed by atoms with E-state index in [0.29, 0.717) is 0 Å². The maximum atomic E-state index is 11.1. The molecule has 0 atom stereocenters. The zero-order valence-corrected chi connectivity index (χ0v) is 11.4. The molecule has 0 aromatic heterocycles. The summed E-state index contributed by atoms with van der Waals surface area (Å²) in [4.78, 5) is 58.6. The van der Waals surface area contributed by atoms with Crippen LogP contribution in [-0.2, 0) is 24.0 Å². The molecule has 0 rings (SSSR count). The topological polar surface area (TPSA) is 174 Å². The predicted molar refractivity (Wildman–Crippen MR) is 67.7 cm³/mol. The van der Waals surface area contributed by atoms with E-state index in [-0.39, 0.29) is 13.1 Å². The summed E-state index contributed by atoms with van der Waals surface area (Å²) in [6, 6.07) is 0. The van der Waals surface area contributed by atoms with Crippen LogP contribution in [0.1, 0.15) is 0 Å². The molecule has 3 N–H and O–H groups in total. The van der Waals surface area contributed by atoms with E-state index < -0.39 is 50.1 Å². The molecule has 0 aliphatic rings. The van der Waals surface area contributed by atoms with E-state index in [0.717, 1.165) is 9.80 Å². The molecule has 22 heavy (non-hydrogen) atoms. The standard InChI is InChI=1S/C10H15N3O9/c14-7(15)3-12(4-8(16)17)1-2-13(5-9(18)19)6-10(20)22-11-21/h1-6H2,(H,14,15)(H,16,17)(H,18,19). The number of nitrogens with zero attached hydrogens (tertiary/aromatic N) is 3. The second kappa shape index (κ2) is 10.2. The van der Waals surface area contributed by atoms with Crippen molar-refractivity contribution in [2.24, 2.45) is 5.34 Å². The van der Waals surface area contributed by atoms with Crippen molar-refractivity contribution >= 4 is 23.9 Å². The summed E-state index contributed by atoms with van der Waals surface area (Å²) in [5.41, 5.74) is 0. The van der Waals surface area contributed by atoms with Crippen LogP contribution < -0.4 is 0 Å². The SMILES string of the molecule is O=NOC(=O)CN(CCN(CC(=O)O)CC(=O)O)CC(=O)O. The number of hydrogen-bond donors (Lipinski definition) is 3. The minimum absolute atomic E-state index is 0.117. The fourth-order valence-electron chi connectivity index (χ4n) is 1.54. The normalized spacial score (nSPS) is 10.5. The summed E-state index contributed by atoms with van der Waals surface area (Å²) in [7, 11) is 0. The Labute approximate surface area is 123 Å². The molecule has 0 amide bonds. The molecule has 0 saturated carbocycles. The Bertz CT molecular complexity index is 423. The molecule has 12 heteroatoms. The van der Waals surface area contributed by atoms with Crippen molar-refractivity contribution in [1.82, 2.24) is 9.80 Å². The van der Waals surface area contributed by atoms with Crippen molar-refractivity contribution in [2.75, 3.05) is 39.3 Å². The quantitative estimate of drug-likeness (QED) is 0.269. The smallest absolute Gasteiger partial charge is 0.352 e. The minimum atomic E-state index is -1.27. The second-order valence-electron chi connectivity index (χ2n) is 4.14. The number of carbonyl (C=O) groups is 4. The number of rotatable bonds is 12. The van der Waals surface area contributed by atoms with Gasteiger partial charge in [-0.1, -0.05) is 0 Å². The highest BCUT2D eigenvalue weighted by Crippen LogP contribution is 1.95. The third kappa shape index (κ3) is 10.2. The molecule has 0 heterocycles. The lowest BCUT2D eigenvalue weighted by molar-refractivity contribution is -0.148. The van der Waals surface area contributed by atoms with Gasteiger partial charge in [0, 0.05) is 13.1 Å². The van der Waals surface area contributed by atoms with Crippen LogP contribution in [0, 0.1) is 4.91 Å². The first-order chi connectivity index (χ1) is 10.2. The van der Waals surface area contributed by atoms with Gasteiger partial charge >= 0.3 is 23.9 Å². The first kappa shape index (κ1) is 19.4. The highest BCUT2D eigenvalue weighted by atomic mass is 16.7. The van der Waals surface area contributed by atoms with E-state index in [2.05, 4.69) is 4.84 Å². The van der Waals surface area contributed by atoms with Gasteiger partial charge in [0.2, 0.25) is 0 Å². The van der Waals surface area contributed by atoms with E-state index in [9.17, 15) is 24.1 Å². The Morgan fingerprint density at radius 2 is 1.14 bits per heavy atom. The summed E-state index contributed by atoms with van der Waals surface area (Å²) >= 11 is 0. The molecule has 0 unspecified atom stereocenters. The minimum Gasteiger partial charge on any atom is -0.480 e. The van der Waals surface area contributed by atoms with Gasteiger partial charge in [0.15, 0.2) is 5.34 Å². The summed E-state index contributed by atoms with van der Waals surface area (Å²) in [5, 5.41) is 27.9. The van der Waals surface area contributed by atoms with Crippen molar-refractivity contribution < 1.29 is 39.3 Å². The summed E-state index contributed by atoms with van der Waals surface area (Å²) in [6.07, 6.45) is 0. The molecule has 0 radical (unpaired) electrons. The molecule has 0 aliphatic heterocycles. The van der Waals surface area contributed by atoms with Gasteiger partial charge in [-0.15, -0.1) is 4.91 Å². The lowest BCUT2D eigenvalue weighted by atomic mass is 10.4. The van der Waals surface area contributed by atoms with Crippen LogP contribution in [0.3, 0.4) is 0 Å². The van der Waals surface area contributed by atoms with Crippen molar-refractivity contribution in [3.8, 4) is 0 Å². The van der Waals surface area contributed by atoms with E-state index in [1.54, 1.807) is 0 Å². The van der Waals surface area contributed by atoms with Crippen LogP contribution in [0.15, 0.2) is 5.34 Å². The third-order valence-corrected chi connectivity index (χ3v) is 2.30. The summed E-state index contributed by atoms with van der Waals surface area (Å²) in [5.74, 6) is -4.86. The van der Waals surface area contributed by atoms with E-state index in [1.807, 2.05) is 5.34 Å². The van der Waals surface area contributed by atoms with Gasteiger partial charge in [-0.2, -0.15) is 0 Å². The van der Waals surface area contributed by atoms with Crippen molar-refractivity contribution in [2.45, 2.75) is 0 Å². The van der Waals surface area contributed by atoms with Crippen LogP contribution in [0.5, 0.6) is 0 Å². The van der Waals surface area contributed by atoms with Gasteiger partial charge in [0.05, 0.1) is 19.6 Å². The molecule has 0 spiro atoms. The number of carboxylic acid groups (broad SMARTS) is 3. The average molecular weight is 321 g/mol. The predicted octanol–water partition coefficient (Wildman–Crippen LogP) is -1.93. The van der Waals surface area contributed by atoms with Gasteiger partial charge in [-0.3, -0.25) is 29.0 Å². The zero-order valence-electron chi connectivity index (χ0n) is 11.4. The Kier molecular flexibility index (Phi) is 8.97. The largest absolute Gasteiger partial charge is 0.480 e. The molecular weight excluding hydrogens is 306 g/mol. The van der Waals surface area contributed by atoms with Crippen LogP contribution in [0.25, 0.3) is 0 Å². The fraction of sp³-hybridized carbons (Fsp3) is 0.600. The monoisotopic (exact) mass is 321 g/mol. The van der Waals surface area contributed by atoms with Gasteiger partial charge in [0.1, 0.15) is 6.54 Å². The van der Waals surface area contributed by atoms with Crippen LogP contribution in [0.2, 0.25) is 0 Å². The Morgan fingerprint density at radius 3 is 1.45 bits per heavy atom. The lowest BCUT2D eigenvalue weighted by Crippen LogP contribution is -2.43. The zero-order chi connectivity index (χ0) is 17.1. The number of hydrogen-bond acceptors (Lipinski definition) is 9. The molecule has 0 aromatic rings. The van der Waals surface area contributed by atoms with E-state index >= 15 is 0 Å². The van der Waals surface area contributed by atoms with Crippen molar-refractivity contribution in [3.63, 3.8) is 0 Å². The second-order valence-corrected chi connectivity index (χ2v) is 4.14.